The second kappa shape index (κ2) is 5.44. The summed E-state index contributed by atoms with van der Waals surface area (Å²) in [6.07, 6.45) is 1.90. The maximum absolute atomic E-state index is 11.6. The topological polar surface area (TPSA) is 81.6 Å². The van der Waals surface area contributed by atoms with E-state index in [0.29, 0.717) is 6.54 Å². The number of aliphatic hydroxyl groups is 2. The fourth-order valence-corrected chi connectivity index (χ4v) is 1.55. The minimum atomic E-state index is -1.22. The molecular weight excluding hydrogens is 196 g/mol. The van der Waals surface area contributed by atoms with Crippen molar-refractivity contribution in [2.75, 3.05) is 26.2 Å². The monoisotopic (exact) mass is 216 g/mol. The zero-order valence-electron chi connectivity index (χ0n) is 9.12. The Kier molecular flexibility index (Phi) is 4.50. The molecule has 0 aliphatic carbocycles. The lowest BCUT2D eigenvalue weighted by Gasteiger charge is -2.25. The first-order valence-corrected chi connectivity index (χ1v) is 5.37. The van der Waals surface area contributed by atoms with E-state index in [4.69, 9.17) is 5.11 Å². The third-order valence-electron chi connectivity index (χ3n) is 2.65. The Morgan fingerprint density at radius 1 is 1.67 bits per heavy atom. The lowest BCUT2D eigenvalue weighted by atomic mass is 9.98. The molecule has 0 saturated carbocycles. The fourth-order valence-electron chi connectivity index (χ4n) is 1.55. The average Bonchev–Trinajstić information content (AvgIpc) is 2.27. The van der Waals surface area contributed by atoms with Crippen molar-refractivity contribution in [2.24, 2.45) is 5.92 Å². The van der Waals surface area contributed by atoms with Crippen LogP contribution in [0.25, 0.3) is 0 Å². The molecule has 0 aromatic heterocycles. The normalized spacial score (nSPS) is 25.7. The third-order valence-corrected chi connectivity index (χ3v) is 2.65. The minimum absolute atomic E-state index is 0.00626. The van der Waals surface area contributed by atoms with E-state index in [1.807, 2.05) is 0 Å². The van der Waals surface area contributed by atoms with Gasteiger partial charge in [0.2, 0.25) is 5.91 Å². The van der Waals surface area contributed by atoms with Crippen molar-refractivity contribution in [3.8, 4) is 0 Å². The summed E-state index contributed by atoms with van der Waals surface area (Å²) in [7, 11) is 0. The van der Waals surface area contributed by atoms with Crippen LogP contribution < -0.4 is 10.6 Å². The molecule has 0 aromatic rings. The molecule has 1 rings (SSSR count). The Balaban J connectivity index is 2.28. The van der Waals surface area contributed by atoms with E-state index in [0.717, 1.165) is 19.4 Å². The molecule has 4 N–H and O–H groups in total. The number of rotatable bonds is 4. The number of amides is 1. The highest BCUT2D eigenvalue weighted by atomic mass is 16.3. The van der Waals surface area contributed by atoms with Gasteiger partial charge in [0.25, 0.3) is 0 Å². The first-order valence-electron chi connectivity index (χ1n) is 5.37. The molecule has 0 spiro atoms. The number of hydrogen-bond donors (Lipinski definition) is 4. The van der Waals surface area contributed by atoms with Crippen molar-refractivity contribution in [1.82, 2.24) is 10.6 Å². The van der Waals surface area contributed by atoms with Crippen LogP contribution in [-0.4, -0.2) is 48.0 Å². The quantitative estimate of drug-likeness (QED) is 0.478. The lowest BCUT2D eigenvalue weighted by molar-refractivity contribution is -0.127. The summed E-state index contributed by atoms with van der Waals surface area (Å²) in [5.74, 6) is -0.0517. The number of piperidine rings is 1. The van der Waals surface area contributed by atoms with Gasteiger partial charge >= 0.3 is 0 Å². The molecule has 0 aromatic carbocycles. The summed E-state index contributed by atoms with van der Waals surface area (Å²) >= 11 is 0. The lowest BCUT2D eigenvalue weighted by Crippen LogP contribution is -2.47. The van der Waals surface area contributed by atoms with Crippen molar-refractivity contribution in [3.63, 3.8) is 0 Å². The zero-order valence-corrected chi connectivity index (χ0v) is 9.12. The first kappa shape index (κ1) is 12.4. The van der Waals surface area contributed by atoms with Crippen LogP contribution in [0.15, 0.2) is 0 Å². The summed E-state index contributed by atoms with van der Waals surface area (Å²) in [6.45, 7) is 2.91. The molecule has 1 heterocycles. The van der Waals surface area contributed by atoms with E-state index < -0.39 is 5.60 Å². The molecule has 2 atom stereocenters. The third kappa shape index (κ3) is 4.15. The van der Waals surface area contributed by atoms with Gasteiger partial charge in [0.1, 0.15) is 5.60 Å². The molecule has 88 valence electrons. The predicted octanol–water partition coefficient (Wildman–Crippen LogP) is -1.15. The van der Waals surface area contributed by atoms with Gasteiger partial charge in [0.15, 0.2) is 0 Å². The van der Waals surface area contributed by atoms with Crippen LogP contribution in [0, 0.1) is 5.92 Å². The molecule has 1 saturated heterocycles. The van der Waals surface area contributed by atoms with E-state index in [-0.39, 0.29) is 25.0 Å². The number of carbonyl (C=O) groups is 1. The van der Waals surface area contributed by atoms with Gasteiger partial charge in [-0.05, 0) is 26.3 Å². The smallest absolute Gasteiger partial charge is 0.224 e. The van der Waals surface area contributed by atoms with E-state index in [2.05, 4.69) is 10.6 Å². The molecule has 1 unspecified atom stereocenters. The first-order chi connectivity index (χ1) is 7.05. The van der Waals surface area contributed by atoms with E-state index in [9.17, 15) is 9.90 Å². The number of carbonyl (C=O) groups excluding carboxylic acids is 1. The summed E-state index contributed by atoms with van der Waals surface area (Å²) in [5.41, 5.74) is -1.22. The Labute approximate surface area is 89.9 Å². The summed E-state index contributed by atoms with van der Waals surface area (Å²) in [4.78, 5) is 11.6. The molecular formula is C10H20N2O3. The van der Waals surface area contributed by atoms with Crippen LogP contribution in [-0.2, 0) is 4.79 Å². The summed E-state index contributed by atoms with van der Waals surface area (Å²) < 4.78 is 0. The van der Waals surface area contributed by atoms with Crippen molar-refractivity contribution >= 4 is 5.91 Å². The van der Waals surface area contributed by atoms with Crippen LogP contribution in [0.2, 0.25) is 0 Å². The SMILES string of the molecule is CC(O)(CO)CNC(=O)[C@H]1CCCNC1. The predicted molar refractivity (Wildman–Crippen MR) is 56.3 cm³/mol. The van der Waals surface area contributed by atoms with Crippen LogP contribution in [0.4, 0.5) is 0 Å². The molecule has 5 nitrogen and oxygen atoms in total. The van der Waals surface area contributed by atoms with Gasteiger partial charge < -0.3 is 20.8 Å². The number of nitrogens with one attached hydrogen (secondary N) is 2. The van der Waals surface area contributed by atoms with Crippen molar-refractivity contribution < 1.29 is 15.0 Å². The standard InChI is InChI=1S/C10H20N2O3/c1-10(15,7-13)6-12-9(14)8-3-2-4-11-5-8/h8,11,13,15H,2-7H2,1H3,(H,12,14)/t8-,10?/m0/s1. The zero-order chi connectivity index (χ0) is 11.3. The van der Waals surface area contributed by atoms with Crippen LogP contribution in [0.1, 0.15) is 19.8 Å². The van der Waals surface area contributed by atoms with Gasteiger partial charge in [-0.1, -0.05) is 0 Å². The highest BCUT2D eigenvalue weighted by Gasteiger charge is 2.24. The average molecular weight is 216 g/mol. The van der Waals surface area contributed by atoms with Gasteiger partial charge in [0.05, 0.1) is 12.5 Å². The Bertz CT molecular complexity index is 213. The van der Waals surface area contributed by atoms with Crippen LogP contribution >= 0.6 is 0 Å². The van der Waals surface area contributed by atoms with Gasteiger partial charge in [-0.2, -0.15) is 0 Å². The molecule has 15 heavy (non-hydrogen) atoms. The molecule has 0 radical (unpaired) electrons. The second-order valence-electron chi connectivity index (χ2n) is 4.42. The highest BCUT2D eigenvalue weighted by Crippen LogP contribution is 2.10. The minimum Gasteiger partial charge on any atom is -0.393 e. The van der Waals surface area contributed by atoms with E-state index in [1.165, 1.54) is 6.92 Å². The van der Waals surface area contributed by atoms with Crippen LogP contribution in [0.5, 0.6) is 0 Å². The Morgan fingerprint density at radius 2 is 2.40 bits per heavy atom. The molecule has 0 bridgehead atoms. The Morgan fingerprint density at radius 3 is 2.93 bits per heavy atom. The van der Waals surface area contributed by atoms with Crippen molar-refractivity contribution in [2.45, 2.75) is 25.4 Å². The Hall–Kier alpha value is -0.650. The number of hydrogen-bond acceptors (Lipinski definition) is 4. The van der Waals surface area contributed by atoms with Gasteiger partial charge in [-0.15, -0.1) is 0 Å². The molecule has 1 aliphatic heterocycles. The molecule has 1 fully saturated rings. The fraction of sp³-hybridized carbons (Fsp3) is 0.900. The van der Waals surface area contributed by atoms with Gasteiger partial charge in [0, 0.05) is 13.1 Å². The van der Waals surface area contributed by atoms with E-state index >= 15 is 0 Å². The second-order valence-corrected chi connectivity index (χ2v) is 4.42. The maximum atomic E-state index is 11.6. The highest BCUT2D eigenvalue weighted by molar-refractivity contribution is 5.79. The largest absolute Gasteiger partial charge is 0.393 e. The molecule has 1 aliphatic rings. The van der Waals surface area contributed by atoms with Crippen LogP contribution in [0.3, 0.4) is 0 Å². The van der Waals surface area contributed by atoms with E-state index in [1.54, 1.807) is 0 Å². The van der Waals surface area contributed by atoms with Gasteiger partial charge in [-0.25, -0.2) is 0 Å². The summed E-state index contributed by atoms with van der Waals surface area (Å²) in [6, 6.07) is 0. The van der Waals surface area contributed by atoms with Crippen molar-refractivity contribution in [1.29, 1.82) is 0 Å². The van der Waals surface area contributed by atoms with Crippen molar-refractivity contribution in [3.05, 3.63) is 0 Å². The number of aliphatic hydroxyl groups excluding tert-OH is 1. The summed E-state index contributed by atoms with van der Waals surface area (Å²) in [5, 5.41) is 24.1. The van der Waals surface area contributed by atoms with Gasteiger partial charge in [-0.3, -0.25) is 4.79 Å². The maximum Gasteiger partial charge on any atom is 0.224 e. The molecule has 1 amide bonds. The molecule has 5 heteroatoms.